The van der Waals surface area contributed by atoms with Gasteiger partial charge < -0.3 is 10.1 Å². The largest absolute Gasteiger partial charge is 0.452 e. The number of hydrogen-bond acceptors (Lipinski definition) is 5. The highest BCUT2D eigenvalue weighted by Crippen LogP contribution is 2.61. The van der Waals surface area contributed by atoms with Gasteiger partial charge >= 0.3 is 5.97 Å². The summed E-state index contributed by atoms with van der Waals surface area (Å²) in [7, 11) is 0. The Hall–Kier alpha value is -5.04. The lowest BCUT2D eigenvalue weighted by Gasteiger charge is -2.45. The van der Waals surface area contributed by atoms with E-state index in [0.717, 1.165) is 33.4 Å². The molecule has 42 heavy (non-hydrogen) atoms. The molecule has 0 radical (unpaired) electrons. The van der Waals surface area contributed by atoms with E-state index >= 15 is 0 Å². The smallest absolute Gasteiger partial charge is 0.340 e. The molecule has 4 aromatic carbocycles. The van der Waals surface area contributed by atoms with Gasteiger partial charge in [0, 0.05) is 17.5 Å². The predicted molar refractivity (Wildman–Crippen MR) is 157 cm³/mol. The van der Waals surface area contributed by atoms with Crippen molar-refractivity contribution in [2.24, 2.45) is 11.8 Å². The van der Waals surface area contributed by atoms with Crippen molar-refractivity contribution in [1.82, 2.24) is 0 Å². The van der Waals surface area contributed by atoms with Gasteiger partial charge in [-0.2, -0.15) is 0 Å². The fourth-order valence-electron chi connectivity index (χ4n) is 6.98. The zero-order valence-corrected chi connectivity index (χ0v) is 23.2. The van der Waals surface area contributed by atoms with Crippen LogP contribution in [0.15, 0.2) is 91.0 Å². The number of nitrogens with zero attached hydrogens (tertiary/aromatic N) is 1. The summed E-state index contributed by atoms with van der Waals surface area (Å²) in [6, 6.07) is 28.0. The summed E-state index contributed by atoms with van der Waals surface area (Å²) in [5.41, 5.74) is 7.27. The van der Waals surface area contributed by atoms with Crippen molar-refractivity contribution in [3.63, 3.8) is 0 Å². The van der Waals surface area contributed by atoms with Gasteiger partial charge in [-0.25, -0.2) is 9.69 Å². The maximum atomic E-state index is 14.1. The van der Waals surface area contributed by atoms with E-state index in [-0.39, 0.29) is 34.9 Å². The molecule has 0 unspecified atom stereocenters. The standard InChI is InChI=1S/C35H28N2O5/c1-19-15-16-21(17-20(19)2)36-28(38)18-42-35(41)26-13-7-8-14-27(26)37-33(39)31-29-22-9-3-4-10-23(22)30(32(31)34(37)40)25-12-6-5-11-24(25)29/h3-17,29-32H,18H2,1-2H3,(H,36,38)/t29?,30?,31-,32-/m0/s1. The van der Waals surface area contributed by atoms with Gasteiger partial charge in [-0.3, -0.25) is 14.4 Å². The molecule has 0 aromatic heterocycles. The zero-order valence-electron chi connectivity index (χ0n) is 23.2. The van der Waals surface area contributed by atoms with Gasteiger partial charge in [0.2, 0.25) is 11.8 Å². The van der Waals surface area contributed by atoms with Crippen molar-refractivity contribution < 1.29 is 23.9 Å². The molecule has 1 heterocycles. The Balaban J connectivity index is 1.17. The first-order valence-corrected chi connectivity index (χ1v) is 14.0. The van der Waals surface area contributed by atoms with Crippen molar-refractivity contribution in [2.45, 2.75) is 25.7 Å². The third-order valence-electron chi connectivity index (χ3n) is 8.94. The molecule has 2 bridgehead atoms. The SMILES string of the molecule is Cc1ccc(NC(=O)COC(=O)c2ccccc2N2C(=O)[C@H]3C4c5ccccc5C(c5ccccc54)[C@@H]3C2=O)cc1C. The van der Waals surface area contributed by atoms with Crippen molar-refractivity contribution in [1.29, 1.82) is 0 Å². The molecule has 8 rings (SSSR count). The first-order valence-electron chi connectivity index (χ1n) is 14.0. The minimum Gasteiger partial charge on any atom is -0.452 e. The number of benzene rings is 4. The fraction of sp³-hybridized carbons (Fsp3) is 0.200. The van der Waals surface area contributed by atoms with E-state index in [0.29, 0.717) is 5.69 Å². The van der Waals surface area contributed by atoms with Crippen molar-refractivity contribution >= 4 is 35.1 Å². The normalized spacial score (nSPS) is 21.4. The van der Waals surface area contributed by atoms with Crippen LogP contribution >= 0.6 is 0 Å². The van der Waals surface area contributed by atoms with E-state index < -0.39 is 30.3 Å². The van der Waals surface area contributed by atoms with Crippen LogP contribution in [0.5, 0.6) is 0 Å². The van der Waals surface area contributed by atoms with Crippen LogP contribution in [0.3, 0.4) is 0 Å². The van der Waals surface area contributed by atoms with Crippen molar-refractivity contribution in [3.8, 4) is 0 Å². The van der Waals surface area contributed by atoms with E-state index in [1.165, 1.54) is 11.0 Å². The number of hydrogen-bond donors (Lipinski definition) is 1. The number of imide groups is 1. The molecule has 1 N–H and O–H groups in total. The monoisotopic (exact) mass is 556 g/mol. The topological polar surface area (TPSA) is 92.8 Å². The third-order valence-corrected chi connectivity index (χ3v) is 8.94. The molecule has 1 aliphatic heterocycles. The van der Waals surface area contributed by atoms with Gasteiger partial charge in [0.15, 0.2) is 6.61 Å². The molecule has 3 amide bonds. The molecular formula is C35H28N2O5. The lowest BCUT2D eigenvalue weighted by molar-refractivity contribution is -0.122. The average molecular weight is 557 g/mol. The molecule has 1 saturated heterocycles. The highest BCUT2D eigenvalue weighted by molar-refractivity contribution is 6.25. The summed E-state index contributed by atoms with van der Waals surface area (Å²) in [6.07, 6.45) is 0. The van der Waals surface area contributed by atoms with Gasteiger partial charge in [-0.05, 0) is 71.5 Å². The first-order chi connectivity index (χ1) is 20.3. The lowest BCUT2D eigenvalue weighted by Crippen LogP contribution is -2.41. The molecule has 3 aliphatic carbocycles. The van der Waals surface area contributed by atoms with Crippen LogP contribution < -0.4 is 10.2 Å². The van der Waals surface area contributed by atoms with Crippen LogP contribution in [0.25, 0.3) is 0 Å². The van der Waals surface area contributed by atoms with E-state index in [1.54, 1.807) is 24.3 Å². The molecule has 4 aromatic rings. The Morgan fingerprint density at radius 1 is 0.714 bits per heavy atom. The summed E-state index contributed by atoms with van der Waals surface area (Å²) in [6.45, 7) is 3.41. The van der Waals surface area contributed by atoms with E-state index in [4.69, 9.17) is 4.74 Å². The number of rotatable bonds is 5. The van der Waals surface area contributed by atoms with Gasteiger partial charge in [0.25, 0.3) is 5.91 Å². The minimum atomic E-state index is -0.786. The Labute approximate surface area is 243 Å². The maximum absolute atomic E-state index is 14.1. The Morgan fingerprint density at radius 2 is 1.24 bits per heavy atom. The number of amides is 3. The number of para-hydroxylation sites is 1. The molecule has 7 heteroatoms. The number of esters is 1. The maximum Gasteiger partial charge on any atom is 0.340 e. The fourth-order valence-corrected chi connectivity index (χ4v) is 6.98. The quantitative estimate of drug-likeness (QED) is 0.259. The van der Waals surface area contributed by atoms with Gasteiger partial charge in [0.05, 0.1) is 23.1 Å². The molecule has 7 nitrogen and oxygen atoms in total. The second-order valence-corrected chi connectivity index (χ2v) is 11.2. The summed E-state index contributed by atoms with van der Waals surface area (Å²) in [4.78, 5) is 55.3. The van der Waals surface area contributed by atoms with Gasteiger partial charge in [-0.15, -0.1) is 0 Å². The Morgan fingerprint density at radius 3 is 1.79 bits per heavy atom. The number of carbonyl (C=O) groups excluding carboxylic acids is 4. The highest BCUT2D eigenvalue weighted by atomic mass is 16.5. The predicted octanol–water partition coefficient (Wildman–Crippen LogP) is 5.50. The highest BCUT2D eigenvalue weighted by Gasteiger charge is 2.62. The number of aryl methyl sites for hydroxylation is 2. The van der Waals surface area contributed by atoms with Crippen LogP contribution in [0.2, 0.25) is 0 Å². The minimum absolute atomic E-state index is 0.0548. The summed E-state index contributed by atoms with van der Waals surface area (Å²) in [5, 5.41) is 2.73. The van der Waals surface area contributed by atoms with E-state index in [1.807, 2.05) is 74.5 Å². The molecule has 2 atom stereocenters. The Bertz CT molecular complexity index is 1700. The second-order valence-electron chi connectivity index (χ2n) is 11.2. The third kappa shape index (κ3) is 3.88. The van der Waals surface area contributed by atoms with Gasteiger partial charge in [-0.1, -0.05) is 66.7 Å². The number of carbonyl (C=O) groups is 4. The molecule has 1 fully saturated rings. The molecule has 0 saturated carbocycles. The number of ether oxygens (including phenoxy) is 1. The van der Waals surface area contributed by atoms with Crippen LogP contribution in [-0.2, 0) is 19.1 Å². The summed E-state index contributed by atoms with van der Waals surface area (Å²) >= 11 is 0. The molecule has 0 spiro atoms. The van der Waals surface area contributed by atoms with Crippen LogP contribution in [0, 0.1) is 25.7 Å². The second kappa shape index (κ2) is 9.80. The van der Waals surface area contributed by atoms with Gasteiger partial charge in [0.1, 0.15) is 0 Å². The van der Waals surface area contributed by atoms with E-state index in [9.17, 15) is 19.2 Å². The zero-order chi connectivity index (χ0) is 29.1. The molecular weight excluding hydrogens is 528 g/mol. The van der Waals surface area contributed by atoms with Crippen molar-refractivity contribution in [2.75, 3.05) is 16.8 Å². The molecule has 4 aliphatic rings. The average Bonchev–Trinajstić information content (AvgIpc) is 3.27. The Kier molecular flexibility index (Phi) is 6.04. The number of anilines is 2. The van der Waals surface area contributed by atoms with Crippen molar-refractivity contribution in [3.05, 3.63) is 130 Å². The summed E-state index contributed by atoms with van der Waals surface area (Å²) < 4.78 is 5.36. The number of nitrogens with one attached hydrogen (secondary N) is 1. The summed E-state index contributed by atoms with van der Waals surface area (Å²) in [5.74, 6) is -3.56. The van der Waals surface area contributed by atoms with Crippen LogP contribution in [0.4, 0.5) is 11.4 Å². The first kappa shape index (κ1) is 25.9. The lowest BCUT2D eigenvalue weighted by atomic mass is 9.55. The molecule has 208 valence electrons. The van der Waals surface area contributed by atoms with Crippen LogP contribution in [-0.4, -0.2) is 30.3 Å². The van der Waals surface area contributed by atoms with E-state index in [2.05, 4.69) is 5.32 Å². The van der Waals surface area contributed by atoms with Crippen LogP contribution in [0.1, 0.15) is 55.6 Å².